The van der Waals surface area contributed by atoms with E-state index >= 15 is 0 Å². The molecule has 0 saturated heterocycles. The molecule has 0 aliphatic rings. The zero-order valence-electron chi connectivity index (χ0n) is 14.9. The maximum atomic E-state index is 11.4. The summed E-state index contributed by atoms with van der Waals surface area (Å²) in [6.07, 6.45) is 0. The number of carbonyl (C=O) groups excluding carboxylic acids is 1. The summed E-state index contributed by atoms with van der Waals surface area (Å²) in [4.78, 5) is 20.2. The number of ether oxygens (including phenoxy) is 1. The highest BCUT2D eigenvalue weighted by Crippen LogP contribution is 2.26. The Morgan fingerprint density at radius 1 is 1.04 bits per heavy atom. The van der Waals surface area contributed by atoms with E-state index in [1.807, 2.05) is 61.5 Å². The van der Waals surface area contributed by atoms with E-state index in [1.54, 1.807) is 7.11 Å². The Morgan fingerprint density at radius 3 is 2.46 bits per heavy atom. The maximum absolute atomic E-state index is 11.4. The second-order valence-electron chi connectivity index (χ2n) is 5.82. The van der Waals surface area contributed by atoms with E-state index < -0.39 is 0 Å². The van der Waals surface area contributed by atoms with E-state index in [9.17, 15) is 4.79 Å². The van der Waals surface area contributed by atoms with Gasteiger partial charge in [-0.2, -0.15) is 4.98 Å². The summed E-state index contributed by atoms with van der Waals surface area (Å²) in [5.41, 5.74) is 3.54. The molecule has 3 rings (SSSR count). The lowest BCUT2D eigenvalue weighted by molar-refractivity contribution is -0.114. The second-order valence-corrected chi connectivity index (χ2v) is 5.82. The van der Waals surface area contributed by atoms with Crippen LogP contribution in [-0.4, -0.2) is 23.0 Å². The molecule has 1 aromatic heterocycles. The van der Waals surface area contributed by atoms with Crippen LogP contribution in [0.1, 0.15) is 12.5 Å². The van der Waals surface area contributed by atoms with Gasteiger partial charge in [0, 0.05) is 24.2 Å². The lowest BCUT2D eigenvalue weighted by atomic mass is 10.1. The minimum atomic E-state index is -0.221. The molecule has 0 spiro atoms. The van der Waals surface area contributed by atoms with Crippen LogP contribution >= 0.6 is 0 Å². The molecule has 0 saturated carbocycles. The third-order valence-corrected chi connectivity index (χ3v) is 3.75. The van der Waals surface area contributed by atoms with E-state index in [-0.39, 0.29) is 11.9 Å². The maximum Gasteiger partial charge on any atom is 0.231 e. The van der Waals surface area contributed by atoms with Crippen molar-refractivity contribution in [2.75, 3.05) is 17.7 Å². The van der Waals surface area contributed by atoms with Crippen LogP contribution in [-0.2, 0) is 4.79 Å². The lowest BCUT2D eigenvalue weighted by Gasteiger charge is -2.12. The van der Waals surface area contributed by atoms with Crippen LogP contribution in [0.2, 0.25) is 0 Å². The van der Waals surface area contributed by atoms with E-state index in [0.717, 1.165) is 28.3 Å². The Kier molecular flexibility index (Phi) is 5.12. The molecule has 0 aliphatic carbocycles. The predicted octanol–water partition coefficient (Wildman–Crippen LogP) is 4.16. The molecule has 0 radical (unpaired) electrons. The van der Waals surface area contributed by atoms with E-state index in [2.05, 4.69) is 20.6 Å². The Hall–Kier alpha value is -3.41. The van der Waals surface area contributed by atoms with Gasteiger partial charge in [-0.15, -0.1) is 0 Å². The zero-order chi connectivity index (χ0) is 18.5. The summed E-state index contributed by atoms with van der Waals surface area (Å²) < 4.78 is 5.29. The first-order valence-corrected chi connectivity index (χ1v) is 8.19. The van der Waals surface area contributed by atoms with Crippen LogP contribution in [0.4, 0.5) is 17.5 Å². The minimum Gasteiger partial charge on any atom is -0.496 e. The van der Waals surface area contributed by atoms with Crippen LogP contribution in [0.3, 0.4) is 0 Å². The standard InChI is InChI=1S/C20H20N4O2/c1-13-11-16(9-10-18(13)26-3)22-19-12-17(15-7-5-4-6-8-15)23-20(24-19)21-14(2)25/h4-12H,1-3H3,(H2,21,22,23,24,25). The topological polar surface area (TPSA) is 76.1 Å². The fourth-order valence-electron chi connectivity index (χ4n) is 2.59. The van der Waals surface area contributed by atoms with E-state index in [4.69, 9.17) is 4.74 Å². The van der Waals surface area contributed by atoms with Gasteiger partial charge in [0.25, 0.3) is 0 Å². The van der Waals surface area contributed by atoms with Crippen LogP contribution < -0.4 is 15.4 Å². The lowest BCUT2D eigenvalue weighted by Crippen LogP contribution is -2.10. The number of hydrogen-bond donors (Lipinski definition) is 2. The molecule has 1 amide bonds. The van der Waals surface area contributed by atoms with Gasteiger partial charge in [-0.25, -0.2) is 4.98 Å². The van der Waals surface area contributed by atoms with Gasteiger partial charge in [0.15, 0.2) is 0 Å². The SMILES string of the molecule is COc1ccc(Nc2cc(-c3ccccc3)nc(NC(C)=O)n2)cc1C. The second kappa shape index (κ2) is 7.65. The van der Waals surface area contributed by atoms with Gasteiger partial charge < -0.3 is 10.1 Å². The van der Waals surface area contributed by atoms with Gasteiger partial charge in [-0.05, 0) is 30.7 Å². The van der Waals surface area contributed by atoms with Gasteiger partial charge in [-0.3, -0.25) is 10.1 Å². The summed E-state index contributed by atoms with van der Waals surface area (Å²) in [7, 11) is 1.64. The summed E-state index contributed by atoms with van der Waals surface area (Å²) in [5, 5.41) is 5.91. The number of nitrogens with zero attached hydrogens (tertiary/aromatic N) is 2. The fourth-order valence-corrected chi connectivity index (χ4v) is 2.59. The van der Waals surface area contributed by atoms with E-state index in [0.29, 0.717) is 5.82 Å². The number of hydrogen-bond acceptors (Lipinski definition) is 5. The third kappa shape index (κ3) is 4.16. The molecule has 26 heavy (non-hydrogen) atoms. The van der Waals surface area contributed by atoms with Gasteiger partial charge >= 0.3 is 0 Å². The fraction of sp³-hybridized carbons (Fsp3) is 0.150. The number of nitrogens with one attached hydrogen (secondary N) is 2. The van der Waals surface area contributed by atoms with Gasteiger partial charge in [0.2, 0.25) is 11.9 Å². The Bertz CT molecular complexity index is 926. The number of benzene rings is 2. The molecule has 1 heterocycles. The quantitative estimate of drug-likeness (QED) is 0.724. The van der Waals surface area contributed by atoms with Gasteiger partial charge in [-0.1, -0.05) is 30.3 Å². The summed E-state index contributed by atoms with van der Waals surface area (Å²) in [6.45, 7) is 3.40. The minimum absolute atomic E-state index is 0.221. The first kappa shape index (κ1) is 17.4. The van der Waals surface area contributed by atoms with Crippen molar-refractivity contribution in [2.24, 2.45) is 0 Å². The molecular formula is C20H20N4O2. The summed E-state index contributed by atoms with van der Waals surface area (Å²) >= 11 is 0. The van der Waals surface area contributed by atoms with Gasteiger partial charge in [0.05, 0.1) is 12.8 Å². The van der Waals surface area contributed by atoms with Crippen molar-refractivity contribution >= 4 is 23.4 Å². The molecule has 0 bridgehead atoms. The third-order valence-electron chi connectivity index (χ3n) is 3.75. The Labute approximate surface area is 152 Å². The molecule has 0 aliphatic heterocycles. The van der Waals surface area contributed by atoms with Crippen molar-refractivity contribution < 1.29 is 9.53 Å². The largest absolute Gasteiger partial charge is 0.496 e. The smallest absolute Gasteiger partial charge is 0.231 e. The molecule has 2 N–H and O–H groups in total. The van der Waals surface area contributed by atoms with Crippen molar-refractivity contribution in [2.45, 2.75) is 13.8 Å². The molecule has 2 aromatic carbocycles. The number of amides is 1. The molecule has 0 fully saturated rings. The molecule has 3 aromatic rings. The van der Waals surface area contributed by atoms with Gasteiger partial charge in [0.1, 0.15) is 11.6 Å². The molecule has 0 atom stereocenters. The number of aromatic nitrogens is 2. The number of methoxy groups -OCH3 is 1. The van der Waals surface area contributed by atoms with Crippen molar-refractivity contribution in [1.82, 2.24) is 9.97 Å². The normalized spacial score (nSPS) is 10.3. The number of carbonyl (C=O) groups is 1. The summed E-state index contributed by atoms with van der Waals surface area (Å²) in [5.74, 6) is 1.45. The van der Waals surface area contributed by atoms with Crippen LogP contribution in [0.15, 0.2) is 54.6 Å². The van der Waals surface area contributed by atoms with Crippen molar-refractivity contribution in [3.8, 4) is 17.0 Å². The first-order chi connectivity index (χ1) is 12.5. The predicted molar refractivity (Wildman–Crippen MR) is 103 cm³/mol. The van der Waals surface area contributed by atoms with Crippen LogP contribution in [0.25, 0.3) is 11.3 Å². The molecule has 132 valence electrons. The number of anilines is 3. The van der Waals surface area contributed by atoms with Crippen molar-refractivity contribution in [1.29, 1.82) is 0 Å². The summed E-state index contributed by atoms with van der Waals surface area (Å²) in [6, 6.07) is 17.4. The molecular weight excluding hydrogens is 328 g/mol. The number of rotatable bonds is 5. The van der Waals surface area contributed by atoms with Crippen molar-refractivity contribution in [3.05, 3.63) is 60.2 Å². The Balaban J connectivity index is 1.97. The first-order valence-electron chi connectivity index (χ1n) is 8.19. The average molecular weight is 348 g/mol. The molecule has 6 nitrogen and oxygen atoms in total. The van der Waals surface area contributed by atoms with E-state index in [1.165, 1.54) is 6.92 Å². The zero-order valence-corrected chi connectivity index (χ0v) is 14.9. The monoisotopic (exact) mass is 348 g/mol. The number of aryl methyl sites for hydroxylation is 1. The van der Waals surface area contributed by atoms with Crippen LogP contribution in [0, 0.1) is 6.92 Å². The Morgan fingerprint density at radius 2 is 1.81 bits per heavy atom. The molecule has 0 unspecified atom stereocenters. The van der Waals surface area contributed by atoms with Crippen LogP contribution in [0.5, 0.6) is 5.75 Å². The average Bonchev–Trinajstić information content (AvgIpc) is 2.62. The van der Waals surface area contributed by atoms with Crippen molar-refractivity contribution in [3.63, 3.8) is 0 Å². The highest BCUT2D eigenvalue weighted by atomic mass is 16.5. The molecule has 6 heteroatoms. The highest BCUT2D eigenvalue weighted by molar-refractivity contribution is 5.87. The highest BCUT2D eigenvalue weighted by Gasteiger charge is 2.09.